The Morgan fingerprint density at radius 2 is 1.96 bits per heavy atom. The summed E-state index contributed by atoms with van der Waals surface area (Å²) in [4.78, 5) is 31.9. The number of H-pyrrole nitrogens is 1. The summed E-state index contributed by atoms with van der Waals surface area (Å²) >= 11 is 0. The molecule has 3 aliphatic heterocycles. The maximum Gasteiger partial charge on any atom is 0.251 e. The number of amides is 1. The van der Waals surface area contributed by atoms with Crippen LogP contribution < -0.4 is 10.1 Å². The minimum atomic E-state index is -1.61. The third-order valence-corrected chi connectivity index (χ3v) is 10.2. The highest BCUT2D eigenvalue weighted by molar-refractivity contribution is 6.11. The number of aromatic hydroxyl groups is 1. The lowest BCUT2D eigenvalue weighted by Gasteiger charge is -2.48. The van der Waals surface area contributed by atoms with E-state index < -0.39 is 23.3 Å². The minimum Gasteiger partial charge on any atom is -0.508 e. The Labute approximate surface area is 283 Å². The summed E-state index contributed by atoms with van der Waals surface area (Å²) in [7, 11) is 1.63. The Bertz CT molecular complexity index is 1830. The second kappa shape index (κ2) is 13.1. The molecule has 48 heavy (non-hydrogen) atoms. The Hall–Kier alpha value is -4.14. The average Bonchev–Trinajstić information content (AvgIpc) is 3.43. The molecular formula is C40H48N2O6. The van der Waals surface area contributed by atoms with E-state index >= 15 is 0 Å². The lowest BCUT2D eigenvalue weighted by atomic mass is 9.79. The Kier molecular flexibility index (Phi) is 9.18. The van der Waals surface area contributed by atoms with E-state index in [9.17, 15) is 14.7 Å². The van der Waals surface area contributed by atoms with Gasteiger partial charge in [0.2, 0.25) is 11.5 Å². The fraction of sp³-hybridized carbons (Fsp3) is 0.450. The third kappa shape index (κ3) is 5.90. The molecule has 3 aliphatic rings. The molecule has 1 fully saturated rings. The molecule has 1 spiro atoms. The van der Waals surface area contributed by atoms with Gasteiger partial charge in [-0.05, 0) is 44.9 Å². The Balaban J connectivity index is 1.42. The predicted molar refractivity (Wildman–Crippen MR) is 188 cm³/mol. The second-order valence-corrected chi connectivity index (χ2v) is 14.3. The zero-order valence-electron chi connectivity index (χ0n) is 29.0. The smallest absolute Gasteiger partial charge is 0.251 e. The molecule has 4 heterocycles. The first-order chi connectivity index (χ1) is 22.9. The van der Waals surface area contributed by atoms with Crippen molar-refractivity contribution in [3.8, 4) is 11.5 Å². The maximum atomic E-state index is 14.3. The number of methoxy groups -OCH3 is 1. The lowest BCUT2D eigenvalue weighted by Crippen LogP contribution is -2.64. The number of fused-ring (bicyclic) bond motifs is 1. The summed E-state index contributed by atoms with van der Waals surface area (Å²) < 4.78 is 19.4. The van der Waals surface area contributed by atoms with Crippen molar-refractivity contribution >= 4 is 28.7 Å². The number of Topliss-reactive ketones (excluding diaryl/α,β-unsaturated/α-hetero) is 1. The number of rotatable bonds is 10. The molecule has 0 aliphatic carbocycles. The number of unbranched alkanes of at least 4 members (excludes halogenated alkanes) is 2. The van der Waals surface area contributed by atoms with Crippen molar-refractivity contribution in [2.24, 2.45) is 0 Å². The van der Waals surface area contributed by atoms with Crippen LogP contribution in [0.3, 0.4) is 0 Å². The van der Waals surface area contributed by atoms with Gasteiger partial charge in [0.15, 0.2) is 0 Å². The van der Waals surface area contributed by atoms with Gasteiger partial charge in [-0.2, -0.15) is 0 Å². The second-order valence-electron chi connectivity index (χ2n) is 14.3. The molecule has 1 amide bonds. The number of phenols is 1. The first-order valence-electron chi connectivity index (χ1n) is 17.1. The zero-order chi connectivity index (χ0) is 34.4. The van der Waals surface area contributed by atoms with Gasteiger partial charge in [-0.25, -0.2) is 0 Å². The van der Waals surface area contributed by atoms with Crippen LogP contribution in [0.1, 0.15) is 113 Å². The number of nitrogens with one attached hydrogen (secondary N) is 2. The van der Waals surface area contributed by atoms with Gasteiger partial charge in [0.05, 0.1) is 12.2 Å². The van der Waals surface area contributed by atoms with Gasteiger partial charge in [0.1, 0.15) is 17.6 Å². The first-order valence-corrected chi connectivity index (χ1v) is 17.1. The monoisotopic (exact) mass is 652 g/mol. The molecule has 8 heteroatoms. The van der Waals surface area contributed by atoms with Crippen LogP contribution in [0.5, 0.6) is 11.5 Å². The van der Waals surface area contributed by atoms with Crippen LogP contribution in [-0.2, 0) is 30.9 Å². The summed E-state index contributed by atoms with van der Waals surface area (Å²) in [5.41, 5.74) is 4.25. The minimum absolute atomic E-state index is 0.0962. The Morgan fingerprint density at radius 3 is 2.67 bits per heavy atom. The molecule has 3 N–H and O–H groups in total. The number of carbonyl (C=O) groups excluding carboxylic acids is 2. The molecule has 254 valence electrons. The molecule has 4 atom stereocenters. The van der Waals surface area contributed by atoms with Crippen LogP contribution in [0.4, 0.5) is 0 Å². The normalized spacial score (nSPS) is 24.4. The van der Waals surface area contributed by atoms with Gasteiger partial charge >= 0.3 is 0 Å². The Morgan fingerprint density at radius 1 is 1.19 bits per heavy atom. The van der Waals surface area contributed by atoms with E-state index in [0.717, 1.165) is 59.0 Å². The molecule has 0 radical (unpaired) electrons. The molecule has 6 rings (SSSR count). The van der Waals surface area contributed by atoms with Crippen molar-refractivity contribution < 1.29 is 28.9 Å². The number of carbonyl (C=O) groups is 2. The van der Waals surface area contributed by atoms with Crippen LogP contribution in [0.25, 0.3) is 17.0 Å². The highest BCUT2D eigenvalue weighted by atomic mass is 16.6. The van der Waals surface area contributed by atoms with E-state index in [2.05, 4.69) is 37.7 Å². The number of aromatic amines is 1. The molecule has 1 aromatic heterocycles. The summed E-state index contributed by atoms with van der Waals surface area (Å²) in [6, 6.07) is 9.65. The van der Waals surface area contributed by atoms with E-state index in [1.54, 1.807) is 13.2 Å². The van der Waals surface area contributed by atoms with E-state index in [-0.39, 0.29) is 36.4 Å². The molecule has 8 nitrogen and oxygen atoms in total. The summed E-state index contributed by atoms with van der Waals surface area (Å²) in [5, 5.41) is 15.4. The highest BCUT2D eigenvalue weighted by Gasteiger charge is 2.55. The molecule has 3 aromatic rings. The largest absolute Gasteiger partial charge is 0.508 e. The van der Waals surface area contributed by atoms with Crippen molar-refractivity contribution in [1.82, 2.24) is 10.3 Å². The van der Waals surface area contributed by atoms with Gasteiger partial charge < -0.3 is 29.6 Å². The standard InChI is InChI=1S/C40H48N2O6/c1-8-10-11-16-30-36(46-7)33-29(43)20-24(18-17-23(3)4)35-34(33)31(47-30)22-40(48-35)32(44)21-25(38(45)42-40)19-27-26-14-12-13-15-28(26)41-37(27)39(5,6)9-2/h9,12-15,17,19-20,30-31,36,41,43H,2,8,10-11,16,18,21-22H2,1,3-7H3,(H,42,45)/t30-,31-,36+,40-/m0/s1. The number of benzene rings is 2. The van der Waals surface area contributed by atoms with Gasteiger partial charge in [-0.3, -0.25) is 9.59 Å². The number of hydrogen-bond donors (Lipinski definition) is 3. The van der Waals surface area contributed by atoms with E-state index in [1.807, 2.05) is 56.3 Å². The zero-order valence-corrected chi connectivity index (χ0v) is 29.0. The number of aromatic nitrogens is 1. The van der Waals surface area contributed by atoms with E-state index in [4.69, 9.17) is 14.2 Å². The fourth-order valence-corrected chi connectivity index (χ4v) is 7.39. The maximum absolute atomic E-state index is 14.3. The average molecular weight is 653 g/mol. The third-order valence-electron chi connectivity index (χ3n) is 10.2. The summed E-state index contributed by atoms with van der Waals surface area (Å²) in [5.74, 6) is -0.00239. The number of para-hydroxylation sites is 1. The van der Waals surface area contributed by atoms with Crippen LogP contribution in [0.15, 0.2) is 60.2 Å². The molecule has 0 saturated carbocycles. The van der Waals surface area contributed by atoms with E-state index in [0.29, 0.717) is 28.9 Å². The predicted octanol–water partition coefficient (Wildman–Crippen LogP) is 8.20. The number of ketones is 1. The number of allylic oxidation sites excluding steroid dienone is 3. The van der Waals surface area contributed by atoms with Gasteiger partial charge in [0, 0.05) is 69.8 Å². The quantitative estimate of drug-likeness (QED) is 0.116. The first kappa shape index (κ1) is 33.7. The van der Waals surface area contributed by atoms with Crippen LogP contribution >= 0.6 is 0 Å². The summed E-state index contributed by atoms with van der Waals surface area (Å²) in [6.07, 6.45) is 8.63. The van der Waals surface area contributed by atoms with Crippen molar-refractivity contribution in [3.63, 3.8) is 0 Å². The van der Waals surface area contributed by atoms with Crippen molar-refractivity contribution in [3.05, 3.63) is 88.2 Å². The van der Waals surface area contributed by atoms with Crippen molar-refractivity contribution in [1.29, 1.82) is 0 Å². The number of ether oxygens (including phenoxy) is 3. The van der Waals surface area contributed by atoms with Crippen LogP contribution in [0.2, 0.25) is 0 Å². The van der Waals surface area contributed by atoms with Gasteiger partial charge in [-0.1, -0.05) is 76.0 Å². The SMILES string of the molecule is C=CC(C)(C)c1[nH]c2ccccc2c1C=C1CC(=O)[C@@]2(C[C@@H]3O[C@@H](CCCCC)[C@@H](OC)c4c(O)cc(CC=C(C)C)c(c43)O2)NC1=O. The van der Waals surface area contributed by atoms with Gasteiger partial charge in [-0.15, -0.1) is 6.58 Å². The fourth-order valence-electron chi connectivity index (χ4n) is 7.39. The molecule has 0 unspecified atom stereocenters. The lowest BCUT2D eigenvalue weighted by molar-refractivity contribution is -0.167. The highest BCUT2D eigenvalue weighted by Crippen LogP contribution is 2.55. The number of hydrogen-bond acceptors (Lipinski definition) is 6. The van der Waals surface area contributed by atoms with Crippen molar-refractivity contribution in [2.45, 2.75) is 109 Å². The van der Waals surface area contributed by atoms with E-state index in [1.165, 1.54) is 0 Å². The number of phenolic OH excluding ortho intramolecular Hbond substituents is 1. The molecule has 2 aromatic carbocycles. The molecule has 0 bridgehead atoms. The summed E-state index contributed by atoms with van der Waals surface area (Å²) in [6.45, 7) is 14.3. The van der Waals surface area contributed by atoms with Crippen LogP contribution in [-0.4, -0.2) is 40.7 Å². The molecular weight excluding hydrogens is 604 g/mol. The van der Waals surface area contributed by atoms with Crippen molar-refractivity contribution in [2.75, 3.05) is 7.11 Å². The molecule has 1 saturated heterocycles. The number of piperidine rings is 1. The topological polar surface area (TPSA) is 110 Å². The van der Waals surface area contributed by atoms with Crippen LogP contribution in [0, 0.1) is 0 Å². The van der Waals surface area contributed by atoms with Gasteiger partial charge in [0.25, 0.3) is 5.91 Å².